The van der Waals surface area contributed by atoms with Crippen molar-refractivity contribution in [3.05, 3.63) is 29.8 Å². The lowest BCUT2D eigenvalue weighted by molar-refractivity contribution is 0.0169. The third-order valence-electron chi connectivity index (χ3n) is 3.16. The number of halogens is 1. The fraction of sp³-hybridized carbons (Fsp3) is 0.462. The molecule has 1 aromatic carbocycles. The van der Waals surface area contributed by atoms with E-state index in [2.05, 4.69) is 5.32 Å². The van der Waals surface area contributed by atoms with E-state index in [1.807, 2.05) is 0 Å². The summed E-state index contributed by atoms with van der Waals surface area (Å²) in [5, 5.41) is 2.78. The second kappa shape index (κ2) is 6.56. The molecule has 2 rings (SSSR count). The van der Waals surface area contributed by atoms with Gasteiger partial charge in [-0.15, -0.1) is 0 Å². The van der Waals surface area contributed by atoms with Crippen molar-refractivity contribution in [3.8, 4) is 0 Å². The molecule has 1 heterocycles. The largest absolute Gasteiger partial charge is 0.376 e. The summed E-state index contributed by atoms with van der Waals surface area (Å²) < 4.78 is 27.7. The first kappa shape index (κ1) is 15.3. The number of amides is 1. The highest BCUT2D eigenvalue weighted by Crippen LogP contribution is 2.15. The molecule has 7 heteroatoms. The van der Waals surface area contributed by atoms with Gasteiger partial charge in [0.15, 0.2) is 0 Å². The molecule has 1 saturated heterocycles. The highest BCUT2D eigenvalue weighted by atomic mass is 35.7. The zero-order chi connectivity index (χ0) is 14.6. The highest BCUT2D eigenvalue weighted by molar-refractivity contribution is 8.13. The molecule has 1 N–H and O–H groups in total. The summed E-state index contributed by atoms with van der Waals surface area (Å²) in [6.45, 7) is 1.21. The summed E-state index contributed by atoms with van der Waals surface area (Å²) in [5.41, 5.74) is 0.393. The second-order valence-corrected chi connectivity index (χ2v) is 7.23. The van der Waals surface area contributed by atoms with E-state index < -0.39 is 9.05 Å². The second-order valence-electron chi connectivity index (χ2n) is 4.66. The number of ether oxygens (including phenoxy) is 1. The van der Waals surface area contributed by atoms with E-state index >= 15 is 0 Å². The molecule has 0 radical (unpaired) electrons. The van der Waals surface area contributed by atoms with Crippen molar-refractivity contribution < 1.29 is 17.9 Å². The van der Waals surface area contributed by atoms with E-state index in [0.717, 1.165) is 25.9 Å². The van der Waals surface area contributed by atoms with Gasteiger partial charge in [-0.25, -0.2) is 8.42 Å². The molecule has 0 saturated carbocycles. The molecule has 1 aromatic rings. The summed E-state index contributed by atoms with van der Waals surface area (Å²) in [4.78, 5) is 11.9. The third-order valence-corrected chi connectivity index (χ3v) is 4.53. The lowest BCUT2D eigenvalue weighted by Crippen LogP contribution is -2.35. The lowest BCUT2D eigenvalue weighted by Gasteiger charge is -2.22. The Bertz CT molecular complexity index is 565. The van der Waals surface area contributed by atoms with Crippen LogP contribution in [-0.2, 0) is 13.8 Å². The standard InChI is InChI=1S/C13H16ClNO4S/c14-20(17,18)12-6-4-10(5-7-12)13(16)15-9-11-3-1-2-8-19-11/h4-7,11H,1-3,8-9H2,(H,15,16). The molecule has 1 aliphatic rings. The SMILES string of the molecule is O=C(NCC1CCCCO1)c1ccc(S(=O)(=O)Cl)cc1. The summed E-state index contributed by atoms with van der Waals surface area (Å²) >= 11 is 0. The van der Waals surface area contributed by atoms with Crippen LogP contribution in [0.15, 0.2) is 29.2 Å². The van der Waals surface area contributed by atoms with Crippen LogP contribution in [0.1, 0.15) is 29.6 Å². The molecule has 0 aliphatic carbocycles. The van der Waals surface area contributed by atoms with E-state index in [4.69, 9.17) is 15.4 Å². The van der Waals surface area contributed by atoms with Crippen LogP contribution in [0.25, 0.3) is 0 Å². The van der Waals surface area contributed by atoms with Gasteiger partial charge in [0.05, 0.1) is 11.0 Å². The van der Waals surface area contributed by atoms with Crippen molar-refractivity contribution in [2.45, 2.75) is 30.3 Å². The van der Waals surface area contributed by atoms with Crippen molar-refractivity contribution in [1.29, 1.82) is 0 Å². The van der Waals surface area contributed by atoms with Crippen LogP contribution in [-0.4, -0.2) is 33.6 Å². The van der Waals surface area contributed by atoms with Crippen molar-refractivity contribution in [2.75, 3.05) is 13.2 Å². The average molecular weight is 318 g/mol. The Balaban J connectivity index is 1.92. The molecule has 1 aliphatic heterocycles. The van der Waals surface area contributed by atoms with E-state index in [1.54, 1.807) is 0 Å². The van der Waals surface area contributed by atoms with Gasteiger partial charge in [-0.3, -0.25) is 4.79 Å². The van der Waals surface area contributed by atoms with Gasteiger partial charge in [0.25, 0.3) is 15.0 Å². The summed E-state index contributed by atoms with van der Waals surface area (Å²) in [5.74, 6) is -0.252. The first-order valence-corrected chi connectivity index (χ1v) is 8.72. The highest BCUT2D eigenvalue weighted by Gasteiger charge is 2.16. The van der Waals surface area contributed by atoms with Gasteiger partial charge in [0, 0.05) is 29.4 Å². The Hall–Kier alpha value is -1.11. The molecule has 20 heavy (non-hydrogen) atoms. The van der Waals surface area contributed by atoms with Crippen LogP contribution in [0, 0.1) is 0 Å². The predicted octanol–water partition coefficient (Wildman–Crippen LogP) is 1.91. The van der Waals surface area contributed by atoms with Gasteiger partial charge in [0.2, 0.25) is 0 Å². The summed E-state index contributed by atoms with van der Waals surface area (Å²) in [6, 6.07) is 5.50. The molecular formula is C13H16ClNO4S. The molecule has 0 aromatic heterocycles. The maximum absolute atomic E-state index is 11.9. The molecule has 1 fully saturated rings. The van der Waals surface area contributed by atoms with Gasteiger partial charge in [-0.1, -0.05) is 0 Å². The fourth-order valence-corrected chi connectivity index (χ4v) is 2.82. The summed E-state index contributed by atoms with van der Waals surface area (Å²) in [7, 11) is 1.45. The average Bonchev–Trinajstić information content (AvgIpc) is 2.45. The van der Waals surface area contributed by atoms with Crippen LogP contribution in [0.4, 0.5) is 0 Å². The molecule has 5 nitrogen and oxygen atoms in total. The minimum atomic E-state index is -3.75. The van der Waals surface area contributed by atoms with E-state index in [-0.39, 0.29) is 16.9 Å². The minimum Gasteiger partial charge on any atom is -0.376 e. The van der Waals surface area contributed by atoms with Crippen LogP contribution in [0.3, 0.4) is 0 Å². The Labute approximate surface area is 122 Å². The zero-order valence-electron chi connectivity index (χ0n) is 10.8. The quantitative estimate of drug-likeness (QED) is 0.861. The molecule has 1 unspecified atom stereocenters. The lowest BCUT2D eigenvalue weighted by atomic mass is 10.1. The number of carbonyl (C=O) groups is 1. The van der Waals surface area contributed by atoms with Crippen molar-refractivity contribution in [1.82, 2.24) is 5.32 Å². The van der Waals surface area contributed by atoms with E-state index in [9.17, 15) is 13.2 Å². The first-order valence-electron chi connectivity index (χ1n) is 6.41. The van der Waals surface area contributed by atoms with Crippen molar-refractivity contribution in [2.24, 2.45) is 0 Å². The third kappa shape index (κ3) is 4.19. The van der Waals surface area contributed by atoms with E-state index in [0.29, 0.717) is 12.1 Å². The smallest absolute Gasteiger partial charge is 0.261 e. The van der Waals surface area contributed by atoms with Crippen LogP contribution >= 0.6 is 10.7 Å². The maximum atomic E-state index is 11.9. The van der Waals surface area contributed by atoms with Crippen LogP contribution in [0.2, 0.25) is 0 Å². The monoisotopic (exact) mass is 317 g/mol. The molecule has 0 spiro atoms. The van der Waals surface area contributed by atoms with Crippen LogP contribution in [0.5, 0.6) is 0 Å². The van der Waals surface area contributed by atoms with Gasteiger partial charge < -0.3 is 10.1 Å². The topological polar surface area (TPSA) is 72.5 Å². The molecule has 110 valence electrons. The number of benzene rings is 1. The Morgan fingerprint density at radius 3 is 2.55 bits per heavy atom. The number of hydrogen-bond donors (Lipinski definition) is 1. The fourth-order valence-electron chi connectivity index (χ4n) is 2.05. The van der Waals surface area contributed by atoms with Crippen molar-refractivity contribution >= 4 is 25.6 Å². The molecular weight excluding hydrogens is 302 g/mol. The minimum absolute atomic E-state index is 0.0219. The van der Waals surface area contributed by atoms with Crippen LogP contribution < -0.4 is 5.32 Å². The first-order chi connectivity index (χ1) is 9.47. The Morgan fingerprint density at radius 1 is 1.30 bits per heavy atom. The van der Waals surface area contributed by atoms with Gasteiger partial charge in [0.1, 0.15) is 0 Å². The maximum Gasteiger partial charge on any atom is 0.261 e. The Kier molecular flexibility index (Phi) is 5.01. The Morgan fingerprint density at radius 2 is 2.00 bits per heavy atom. The van der Waals surface area contributed by atoms with Crippen molar-refractivity contribution in [3.63, 3.8) is 0 Å². The van der Waals surface area contributed by atoms with Gasteiger partial charge >= 0.3 is 0 Å². The van der Waals surface area contributed by atoms with Gasteiger partial charge in [-0.2, -0.15) is 0 Å². The zero-order valence-corrected chi connectivity index (χ0v) is 12.4. The molecule has 1 atom stereocenters. The predicted molar refractivity (Wildman–Crippen MR) is 75.4 cm³/mol. The number of hydrogen-bond acceptors (Lipinski definition) is 4. The summed E-state index contributed by atoms with van der Waals surface area (Å²) in [6.07, 6.45) is 3.20. The number of carbonyl (C=O) groups excluding carboxylic acids is 1. The number of rotatable bonds is 4. The molecule has 0 bridgehead atoms. The number of nitrogens with one attached hydrogen (secondary N) is 1. The van der Waals surface area contributed by atoms with Gasteiger partial charge in [-0.05, 0) is 43.5 Å². The molecule has 1 amide bonds. The van der Waals surface area contributed by atoms with E-state index in [1.165, 1.54) is 24.3 Å². The normalized spacial score (nSPS) is 19.6.